The fraction of sp³-hybridized carbons (Fsp3) is 0.0714. The highest BCUT2D eigenvalue weighted by atomic mass is 35.5. The first kappa shape index (κ1) is 14.9. The number of nitrogens with zero attached hydrogens (tertiary/aromatic N) is 1. The van der Waals surface area contributed by atoms with E-state index in [0.717, 1.165) is 6.07 Å². The van der Waals surface area contributed by atoms with Crippen LogP contribution in [0, 0.1) is 22.9 Å². The summed E-state index contributed by atoms with van der Waals surface area (Å²) in [5.74, 6) is -0.902. The van der Waals surface area contributed by atoms with Crippen molar-refractivity contribution in [3.05, 3.63) is 68.5 Å². The number of nitro benzene ring substituents is 1. The number of anilines is 1. The van der Waals surface area contributed by atoms with E-state index in [1.807, 2.05) is 0 Å². The van der Waals surface area contributed by atoms with Crippen LogP contribution in [-0.4, -0.2) is 10.8 Å². The van der Waals surface area contributed by atoms with Crippen LogP contribution in [-0.2, 0) is 0 Å². The van der Waals surface area contributed by atoms with Crippen molar-refractivity contribution in [1.29, 1.82) is 0 Å². The number of hydrogen-bond acceptors (Lipinski definition) is 3. The number of nitrogens with one attached hydrogen (secondary N) is 1. The molecule has 0 heterocycles. The molecule has 0 aromatic heterocycles. The molecule has 0 atom stereocenters. The molecule has 0 unspecified atom stereocenters. The average molecular weight is 309 g/mol. The van der Waals surface area contributed by atoms with Crippen LogP contribution in [0.2, 0.25) is 5.02 Å². The lowest BCUT2D eigenvalue weighted by Crippen LogP contribution is -2.13. The number of carbonyl (C=O) groups is 1. The molecule has 0 aliphatic rings. The van der Waals surface area contributed by atoms with Crippen molar-refractivity contribution in [3.63, 3.8) is 0 Å². The van der Waals surface area contributed by atoms with Crippen molar-refractivity contribution < 1.29 is 14.1 Å². The third-order valence-electron chi connectivity index (χ3n) is 2.84. The average Bonchev–Trinajstić information content (AvgIpc) is 2.40. The molecule has 1 amide bonds. The van der Waals surface area contributed by atoms with E-state index in [1.54, 1.807) is 6.92 Å². The minimum Gasteiger partial charge on any atom is -0.321 e. The maximum absolute atomic E-state index is 13.0. The van der Waals surface area contributed by atoms with Gasteiger partial charge in [-0.15, -0.1) is 0 Å². The Hall–Kier alpha value is -2.47. The lowest BCUT2D eigenvalue weighted by molar-refractivity contribution is -0.384. The van der Waals surface area contributed by atoms with E-state index in [0.29, 0.717) is 11.1 Å². The van der Waals surface area contributed by atoms with Crippen molar-refractivity contribution >= 4 is 28.9 Å². The first-order chi connectivity index (χ1) is 9.88. The molecule has 2 aromatic carbocycles. The minimum absolute atomic E-state index is 0.0531. The van der Waals surface area contributed by atoms with Crippen LogP contribution >= 0.6 is 11.6 Å². The highest BCUT2D eigenvalue weighted by molar-refractivity contribution is 6.34. The van der Waals surface area contributed by atoms with E-state index in [9.17, 15) is 19.3 Å². The van der Waals surface area contributed by atoms with Gasteiger partial charge < -0.3 is 5.32 Å². The standard InChI is InChI=1S/C14H10ClFN2O3/c1-8-6-9(16)2-4-11(8)14(19)17-13-5-3-10(18(20)21)7-12(13)15/h2-7H,1H3,(H,17,19). The van der Waals surface area contributed by atoms with E-state index in [4.69, 9.17) is 11.6 Å². The molecule has 108 valence electrons. The van der Waals surface area contributed by atoms with Crippen molar-refractivity contribution in [3.8, 4) is 0 Å². The van der Waals surface area contributed by atoms with E-state index >= 15 is 0 Å². The molecule has 0 bridgehead atoms. The summed E-state index contributed by atoms with van der Waals surface area (Å²) in [7, 11) is 0. The molecule has 21 heavy (non-hydrogen) atoms. The molecule has 0 radical (unpaired) electrons. The number of hydrogen-bond donors (Lipinski definition) is 1. The zero-order valence-corrected chi connectivity index (χ0v) is 11.6. The van der Waals surface area contributed by atoms with E-state index in [1.165, 1.54) is 30.3 Å². The second kappa shape index (κ2) is 5.88. The molecule has 5 nitrogen and oxygen atoms in total. The van der Waals surface area contributed by atoms with E-state index < -0.39 is 16.6 Å². The third kappa shape index (κ3) is 3.35. The Kier molecular flexibility index (Phi) is 4.18. The molecule has 0 saturated heterocycles. The Bertz CT molecular complexity index is 734. The predicted octanol–water partition coefficient (Wildman–Crippen LogP) is 3.95. The summed E-state index contributed by atoms with van der Waals surface area (Å²) < 4.78 is 13.0. The first-order valence-electron chi connectivity index (χ1n) is 5.90. The first-order valence-corrected chi connectivity index (χ1v) is 6.27. The Morgan fingerprint density at radius 2 is 2.00 bits per heavy atom. The Morgan fingerprint density at radius 3 is 2.57 bits per heavy atom. The second-order valence-corrected chi connectivity index (χ2v) is 4.74. The minimum atomic E-state index is -0.582. The molecule has 0 saturated carbocycles. The molecule has 0 aliphatic carbocycles. The normalized spacial score (nSPS) is 10.2. The topological polar surface area (TPSA) is 72.2 Å². The fourth-order valence-corrected chi connectivity index (χ4v) is 2.01. The largest absolute Gasteiger partial charge is 0.321 e. The number of nitro groups is 1. The van der Waals surface area contributed by atoms with Gasteiger partial charge >= 0.3 is 0 Å². The Labute approximate surface area is 124 Å². The highest BCUT2D eigenvalue weighted by Gasteiger charge is 2.14. The molecular formula is C14H10ClFN2O3. The molecule has 2 aromatic rings. The summed E-state index contributed by atoms with van der Waals surface area (Å²) in [4.78, 5) is 22.1. The molecular weight excluding hydrogens is 299 g/mol. The van der Waals surface area contributed by atoms with E-state index in [-0.39, 0.29) is 16.4 Å². The van der Waals surface area contributed by atoms with Crippen LogP contribution in [0.1, 0.15) is 15.9 Å². The van der Waals surface area contributed by atoms with Crippen molar-refractivity contribution in [1.82, 2.24) is 0 Å². The number of rotatable bonds is 3. The second-order valence-electron chi connectivity index (χ2n) is 4.33. The maximum Gasteiger partial charge on any atom is 0.271 e. The molecule has 2 rings (SSSR count). The van der Waals surface area contributed by atoms with Gasteiger partial charge in [-0.3, -0.25) is 14.9 Å². The highest BCUT2D eigenvalue weighted by Crippen LogP contribution is 2.27. The van der Waals surface area contributed by atoms with Crippen LogP contribution in [0.15, 0.2) is 36.4 Å². The van der Waals surface area contributed by atoms with Gasteiger partial charge in [-0.1, -0.05) is 11.6 Å². The van der Waals surface area contributed by atoms with Crippen LogP contribution in [0.3, 0.4) is 0 Å². The van der Waals surface area contributed by atoms with Crippen LogP contribution in [0.25, 0.3) is 0 Å². The van der Waals surface area contributed by atoms with Crippen molar-refractivity contribution in [2.24, 2.45) is 0 Å². The summed E-state index contributed by atoms with van der Waals surface area (Å²) in [5.41, 5.74) is 0.850. The monoisotopic (exact) mass is 308 g/mol. The number of carbonyl (C=O) groups excluding carboxylic acids is 1. The fourth-order valence-electron chi connectivity index (χ4n) is 1.79. The summed E-state index contributed by atoms with van der Waals surface area (Å²) in [5, 5.41) is 13.2. The quantitative estimate of drug-likeness (QED) is 0.689. The van der Waals surface area contributed by atoms with Crippen LogP contribution < -0.4 is 5.32 Å². The zero-order chi connectivity index (χ0) is 15.6. The van der Waals surface area contributed by atoms with Gasteiger partial charge in [0.25, 0.3) is 11.6 Å². The molecule has 0 aliphatic heterocycles. The Morgan fingerprint density at radius 1 is 1.29 bits per heavy atom. The molecule has 0 spiro atoms. The number of amides is 1. The number of benzene rings is 2. The van der Waals surface area contributed by atoms with E-state index in [2.05, 4.69) is 5.32 Å². The lowest BCUT2D eigenvalue weighted by Gasteiger charge is -2.09. The van der Waals surface area contributed by atoms with Crippen molar-refractivity contribution in [2.45, 2.75) is 6.92 Å². The molecule has 7 heteroatoms. The van der Waals surface area contributed by atoms with Gasteiger partial charge in [-0.05, 0) is 36.8 Å². The number of non-ortho nitro benzene ring substituents is 1. The van der Waals surface area contributed by atoms with Gasteiger partial charge in [0.15, 0.2) is 0 Å². The molecule has 0 fully saturated rings. The molecule has 1 N–H and O–H groups in total. The third-order valence-corrected chi connectivity index (χ3v) is 3.16. The van der Waals surface area contributed by atoms with Gasteiger partial charge in [0, 0.05) is 17.7 Å². The summed E-state index contributed by atoms with van der Waals surface area (Å²) >= 11 is 5.89. The van der Waals surface area contributed by atoms with Crippen LogP contribution in [0.4, 0.5) is 15.8 Å². The smallest absolute Gasteiger partial charge is 0.271 e. The van der Waals surface area contributed by atoms with Crippen molar-refractivity contribution in [2.75, 3.05) is 5.32 Å². The summed E-state index contributed by atoms with van der Waals surface area (Å²) in [6.07, 6.45) is 0. The summed E-state index contributed by atoms with van der Waals surface area (Å²) in [6.45, 7) is 1.61. The lowest BCUT2D eigenvalue weighted by atomic mass is 10.1. The van der Waals surface area contributed by atoms with Gasteiger partial charge in [0.05, 0.1) is 15.6 Å². The predicted molar refractivity (Wildman–Crippen MR) is 77.2 cm³/mol. The van der Waals surface area contributed by atoms with Crippen LogP contribution in [0.5, 0.6) is 0 Å². The number of aryl methyl sites for hydroxylation is 1. The Balaban J connectivity index is 2.25. The van der Waals surface area contributed by atoms with Gasteiger partial charge in [-0.2, -0.15) is 0 Å². The maximum atomic E-state index is 13.0. The van der Waals surface area contributed by atoms with Gasteiger partial charge in [0.2, 0.25) is 0 Å². The zero-order valence-electron chi connectivity index (χ0n) is 10.9. The SMILES string of the molecule is Cc1cc(F)ccc1C(=O)Nc1ccc([N+](=O)[O-])cc1Cl. The summed E-state index contributed by atoms with van der Waals surface area (Å²) in [6, 6.07) is 7.51. The number of halogens is 2. The van der Waals surface area contributed by atoms with Gasteiger partial charge in [0.1, 0.15) is 5.82 Å². The van der Waals surface area contributed by atoms with Gasteiger partial charge in [-0.25, -0.2) is 4.39 Å².